The molecular weight excluding hydrogens is 413 g/mol. The maximum atomic E-state index is 13.3. The van der Waals surface area contributed by atoms with E-state index in [1.807, 2.05) is 11.8 Å². The predicted octanol–water partition coefficient (Wildman–Crippen LogP) is 4.42. The molecule has 1 atom stereocenters. The van der Waals surface area contributed by atoms with Crippen molar-refractivity contribution in [2.45, 2.75) is 25.8 Å². The maximum absolute atomic E-state index is 13.3. The van der Waals surface area contributed by atoms with Crippen molar-refractivity contribution in [1.82, 2.24) is 19.9 Å². The van der Waals surface area contributed by atoms with Gasteiger partial charge < -0.3 is 10.2 Å². The number of aryl methyl sites for hydroxylation is 1. The molecule has 1 N–H and O–H groups in total. The van der Waals surface area contributed by atoms with E-state index in [0.29, 0.717) is 29.8 Å². The van der Waals surface area contributed by atoms with Gasteiger partial charge in [0.1, 0.15) is 11.5 Å². The zero-order valence-corrected chi connectivity index (χ0v) is 17.3. The second kappa shape index (κ2) is 8.42. The molecule has 1 aliphatic rings. The van der Waals surface area contributed by atoms with Gasteiger partial charge in [-0.3, -0.25) is 4.79 Å². The van der Waals surface area contributed by atoms with Gasteiger partial charge in [-0.25, -0.2) is 19.3 Å². The Labute approximate surface area is 176 Å². The van der Waals surface area contributed by atoms with Crippen LogP contribution in [0.2, 0.25) is 5.02 Å². The highest BCUT2D eigenvalue weighted by Gasteiger charge is 2.32. The first-order chi connectivity index (χ1) is 14.0. The monoisotopic (exact) mass is 431 g/mol. The van der Waals surface area contributed by atoms with Crippen LogP contribution in [0.25, 0.3) is 10.4 Å². The average Bonchev–Trinajstić information content (AvgIpc) is 3.34. The van der Waals surface area contributed by atoms with E-state index in [1.165, 1.54) is 35.9 Å². The van der Waals surface area contributed by atoms with Gasteiger partial charge in [0, 0.05) is 19.1 Å². The van der Waals surface area contributed by atoms with Crippen LogP contribution in [0.1, 0.15) is 28.3 Å². The van der Waals surface area contributed by atoms with Crippen molar-refractivity contribution in [3.63, 3.8) is 0 Å². The number of nitrogens with zero attached hydrogens (tertiary/aromatic N) is 4. The van der Waals surface area contributed by atoms with E-state index >= 15 is 0 Å². The third-order valence-electron chi connectivity index (χ3n) is 4.80. The maximum Gasteiger partial charge on any atom is 0.274 e. The summed E-state index contributed by atoms with van der Waals surface area (Å²) in [6.45, 7) is 3.09. The number of benzene rings is 1. The summed E-state index contributed by atoms with van der Waals surface area (Å²) in [4.78, 5) is 28.7. The third kappa shape index (κ3) is 4.38. The smallest absolute Gasteiger partial charge is 0.274 e. The summed E-state index contributed by atoms with van der Waals surface area (Å²) in [5.74, 6) is 0.0677. The topological polar surface area (TPSA) is 71.0 Å². The zero-order valence-electron chi connectivity index (χ0n) is 15.7. The van der Waals surface area contributed by atoms with Crippen molar-refractivity contribution in [2.75, 3.05) is 18.4 Å². The van der Waals surface area contributed by atoms with Crippen molar-refractivity contribution < 1.29 is 9.18 Å². The molecule has 1 aliphatic heterocycles. The Morgan fingerprint density at radius 1 is 1.31 bits per heavy atom. The molecule has 1 fully saturated rings. The largest absolute Gasteiger partial charge is 0.352 e. The van der Waals surface area contributed by atoms with Gasteiger partial charge in [0.15, 0.2) is 0 Å². The SMILES string of the molecule is Cc1nc(C(=O)N2CCC[C@H]2CNc2ncc(Cl)cn2)c(-c2ccc(F)cc2)s1. The zero-order chi connectivity index (χ0) is 20.4. The van der Waals surface area contributed by atoms with Crippen LogP contribution in [-0.2, 0) is 0 Å². The number of hydrogen-bond donors (Lipinski definition) is 1. The van der Waals surface area contributed by atoms with E-state index in [-0.39, 0.29) is 17.8 Å². The summed E-state index contributed by atoms with van der Waals surface area (Å²) in [6, 6.07) is 6.17. The molecule has 0 spiro atoms. The van der Waals surface area contributed by atoms with Crippen LogP contribution in [0.4, 0.5) is 10.3 Å². The number of carbonyl (C=O) groups is 1. The van der Waals surface area contributed by atoms with Gasteiger partial charge in [0.05, 0.1) is 27.3 Å². The number of hydrogen-bond acceptors (Lipinski definition) is 6. The summed E-state index contributed by atoms with van der Waals surface area (Å²) < 4.78 is 13.3. The van der Waals surface area contributed by atoms with E-state index in [4.69, 9.17) is 11.6 Å². The van der Waals surface area contributed by atoms with Crippen LogP contribution in [0.5, 0.6) is 0 Å². The fourth-order valence-corrected chi connectivity index (χ4v) is 4.45. The highest BCUT2D eigenvalue weighted by Crippen LogP contribution is 2.32. The Balaban J connectivity index is 1.52. The Kier molecular flexibility index (Phi) is 5.73. The van der Waals surface area contributed by atoms with Crippen LogP contribution in [0, 0.1) is 12.7 Å². The van der Waals surface area contributed by atoms with Crippen LogP contribution in [0.15, 0.2) is 36.7 Å². The van der Waals surface area contributed by atoms with Crippen molar-refractivity contribution in [3.8, 4) is 10.4 Å². The fourth-order valence-electron chi connectivity index (χ4n) is 3.43. The number of nitrogens with one attached hydrogen (secondary N) is 1. The second-order valence-corrected chi connectivity index (χ2v) is 8.46. The van der Waals surface area contributed by atoms with Crippen molar-refractivity contribution >= 4 is 34.8 Å². The number of aromatic nitrogens is 3. The number of carbonyl (C=O) groups excluding carboxylic acids is 1. The normalized spacial score (nSPS) is 16.2. The van der Waals surface area contributed by atoms with E-state index in [1.54, 1.807) is 12.1 Å². The predicted molar refractivity (Wildman–Crippen MR) is 112 cm³/mol. The first-order valence-electron chi connectivity index (χ1n) is 9.27. The summed E-state index contributed by atoms with van der Waals surface area (Å²) in [6.07, 6.45) is 4.87. The van der Waals surface area contributed by atoms with E-state index < -0.39 is 0 Å². The molecule has 29 heavy (non-hydrogen) atoms. The number of halogens is 2. The van der Waals surface area contributed by atoms with E-state index in [2.05, 4.69) is 20.3 Å². The molecule has 0 aliphatic carbocycles. The minimum Gasteiger partial charge on any atom is -0.352 e. The molecule has 0 saturated carbocycles. The minimum atomic E-state index is -0.307. The lowest BCUT2D eigenvalue weighted by molar-refractivity contribution is 0.0739. The fraction of sp³-hybridized carbons (Fsp3) is 0.300. The molecule has 3 aromatic rings. The summed E-state index contributed by atoms with van der Waals surface area (Å²) >= 11 is 7.26. The summed E-state index contributed by atoms with van der Waals surface area (Å²) in [5, 5.41) is 4.45. The number of likely N-dealkylation sites (tertiary alicyclic amines) is 1. The Morgan fingerprint density at radius 3 is 2.76 bits per heavy atom. The number of thiazole rings is 1. The molecule has 4 rings (SSSR count). The van der Waals surface area contributed by atoms with Crippen LogP contribution in [-0.4, -0.2) is 44.9 Å². The first-order valence-corrected chi connectivity index (χ1v) is 10.5. The van der Waals surface area contributed by atoms with E-state index in [9.17, 15) is 9.18 Å². The van der Waals surface area contributed by atoms with Crippen LogP contribution in [0.3, 0.4) is 0 Å². The summed E-state index contributed by atoms with van der Waals surface area (Å²) in [5.41, 5.74) is 1.22. The Morgan fingerprint density at radius 2 is 2.03 bits per heavy atom. The second-order valence-electron chi connectivity index (χ2n) is 6.82. The quantitative estimate of drug-likeness (QED) is 0.647. The molecular formula is C20H19ClFN5OS. The molecule has 0 radical (unpaired) electrons. The van der Waals surface area contributed by atoms with Crippen LogP contribution < -0.4 is 5.32 Å². The molecule has 6 nitrogen and oxygen atoms in total. The third-order valence-corrected chi connectivity index (χ3v) is 6.01. The number of rotatable bonds is 5. The molecule has 0 unspecified atom stereocenters. The molecule has 3 heterocycles. The van der Waals surface area contributed by atoms with Gasteiger partial charge in [-0.1, -0.05) is 23.7 Å². The molecule has 1 aromatic carbocycles. The standard InChI is InChI=1S/C20H19ClFN5OS/c1-12-26-17(18(29-12)13-4-6-15(22)7-5-13)19(28)27-8-2-3-16(27)11-25-20-23-9-14(21)10-24-20/h4-7,9-10,16H,2-3,8,11H2,1H3,(H,23,24,25)/t16-/m0/s1. The van der Waals surface area contributed by atoms with Gasteiger partial charge in [0.2, 0.25) is 5.95 Å². The number of anilines is 1. The van der Waals surface area contributed by atoms with Crippen molar-refractivity contribution in [2.24, 2.45) is 0 Å². The highest BCUT2D eigenvalue weighted by atomic mass is 35.5. The van der Waals surface area contributed by atoms with Gasteiger partial charge in [-0.2, -0.15) is 0 Å². The lowest BCUT2D eigenvalue weighted by Crippen LogP contribution is -2.40. The van der Waals surface area contributed by atoms with Gasteiger partial charge in [-0.15, -0.1) is 11.3 Å². The summed E-state index contributed by atoms with van der Waals surface area (Å²) in [7, 11) is 0. The lowest BCUT2D eigenvalue weighted by Gasteiger charge is -2.24. The van der Waals surface area contributed by atoms with Gasteiger partial charge >= 0.3 is 0 Å². The lowest BCUT2D eigenvalue weighted by atomic mass is 10.1. The Hall–Kier alpha value is -2.58. The first kappa shape index (κ1) is 19.7. The molecule has 2 aromatic heterocycles. The molecule has 0 bridgehead atoms. The molecule has 150 valence electrons. The van der Waals surface area contributed by atoms with Crippen LogP contribution >= 0.6 is 22.9 Å². The number of amides is 1. The van der Waals surface area contributed by atoms with Crippen molar-refractivity contribution in [1.29, 1.82) is 0 Å². The molecule has 1 saturated heterocycles. The van der Waals surface area contributed by atoms with Gasteiger partial charge in [-0.05, 0) is 37.5 Å². The van der Waals surface area contributed by atoms with Gasteiger partial charge in [0.25, 0.3) is 5.91 Å². The van der Waals surface area contributed by atoms with E-state index in [0.717, 1.165) is 28.3 Å². The molecule has 1 amide bonds. The molecule has 9 heteroatoms. The average molecular weight is 432 g/mol. The van der Waals surface area contributed by atoms with Crippen molar-refractivity contribution in [3.05, 3.63) is 58.2 Å². The minimum absolute atomic E-state index is 0.0184. The highest BCUT2D eigenvalue weighted by molar-refractivity contribution is 7.15. The Bertz CT molecular complexity index is 1010.